The van der Waals surface area contributed by atoms with Crippen LogP contribution in [0.4, 0.5) is 0 Å². The van der Waals surface area contributed by atoms with Gasteiger partial charge in [-0.25, -0.2) is 0 Å². The minimum atomic E-state index is -0.0556. The van der Waals surface area contributed by atoms with Gasteiger partial charge in [0, 0.05) is 0 Å². The van der Waals surface area contributed by atoms with Crippen molar-refractivity contribution < 1.29 is 63.3 Å². The van der Waals surface area contributed by atoms with Crippen LogP contribution >= 0.6 is 0 Å². The van der Waals surface area contributed by atoms with E-state index in [9.17, 15) is 0 Å². The van der Waals surface area contributed by atoms with Crippen LogP contribution in [-0.4, -0.2) is 18.9 Å². The molecule has 0 aromatic rings. The third kappa shape index (κ3) is 10.7. The van der Waals surface area contributed by atoms with E-state index in [1.165, 1.54) is 0 Å². The molecule has 2 nitrogen and oxygen atoms in total. The van der Waals surface area contributed by atoms with Gasteiger partial charge in [0.15, 0.2) is 0 Å². The van der Waals surface area contributed by atoms with Gasteiger partial charge in [0.05, 0.1) is 0 Å². The summed E-state index contributed by atoms with van der Waals surface area (Å²) in [7, 11) is 1.56. The number of aliphatic hydroxyl groups excluding tert-OH is 1. The maximum absolute atomic E-state index is 7.71. The van der Waals surface area contributed by atoms with Gasteiger partial charge in [-0.1, -0.05) is 0 Å². The topological polar surface area (TPSA) is 34.3 Å². The van der Waals surface area contributed by atoms with Crippen molar-refractivity contribution in [3.05, 3.63) is 5.32 Å². The average molecular weight is 146 g/mol. The smallest absolute Gasteiger partial charge is 0.642 e. The predicted molar refractivity (Wildman–Crippen MR) is 16.4 cm³/mol. The Morgan fingerprint density at radius 1 is 1.80 bits per heavy atom. The van der Waals surface area contributed by atoms with Crippen LogP contribution in [-0.2, 0) is 0 Å². The molecule has 1 N–H and O–H groups in total. The van der Waals surface area contributed by atoms with Gasteiger partial charge in [-0.15, -0.1) is 0 Å². The van der Waals surface area contributed by atoms with Crippen molar-refractivity contribution in [1.82, 2.24) is 0 Å². The largest absolute Gasteiger partial charge is 1.00 e. The van der Waals surface area contributed by atoms with Gasteiger partial charge in [-0.2, -0.15) is 7.05 Å². The molecule has 0 amide bonds. The van der Waals surface area contributed by atoms with E-state index in [0.29, 0.717) is 0 Å². The van der Waals surface area contributed by atoms with Gasteiger partial charge in [-0.3, -0.25) is 0 Å². The van der Waals surface area contributed by atoms with E-state index in [4.69, 9.17) is 5.11 Å². The second-order valence-corrected chi connectivity index (χ2v) is 0.458. The summed E-state index contributed by atoms with van der Waals surface area (Å²) < 4.78 is 0. The van der Waals surface area contributed by atoms with Crippen molar-refractivity contribution in [1.29, 1.82) is 0 Å². The molecule has 0 aliphatic carbocycles. The molecule has 0 fully saturated rings. The van der Waals surface area contributed by atoms with Gasteiger partial charge in [0.2, 0.25) is 0 Å². The molecule has 0 heterocycles. The molecule has 0 bridgehead atoms. The standard InChI is InChI=1S/C2H6NO.Rb/c1-3-2-4;/h4H,2H2,1H3;/q-1;+1. The molecule has 5 heavy (non-hydrogen) atoms. The molecule has 0 aromatic heterocycles. The van der Waals surface area contributed by atoms with Gasteiger partial charge in [0.1, 0.15) is 0 Å². The first kappa shape index (κ1) is 9.87. The molecule has 0 atom stereocenters. The molecule has 26 valence electrons. The maximum Gasteiger partial charge on any atom is 1.00 e. The summed E-state index contributed by atoms with van der Waals surface area (Å²) in [4.78, 5) is 0. The van der Waals surface area contributed by atoms with Crippen molar-refractivity contribution in [2.45, 2.75) is 0 Å². The maximum atomic E-state index is 7.71. The fraction of sp³-hybridized carbons (Fsp3) is 1.00. The van der Waals surface area contributed by atoms with Crippen LogP contribution in [0.25, 0.3) is 5.32 Å². The predicted octanol–water partition coefficient (Wildman–Crippen LogP) is -3.06. The summed E-state index contributed by atoms with van der Waals surface area (Å²) in [5.74, 6) is 0. The summed E-state index contributed by atoms with van der Waals surface area (Å²) in [6.07, 6.45) is 0. The molecule has 0 aromatic carbocycles. The monoisotopic (exact) mass is 145 g/mol. The van der Waals surface area contributed by atoms with Crippen molar-refractivity contribution in [3.8, 4) is 0 Å². The van der Waals surface area contributed by atoms with E-state index >= 15 is 0 Å². The Morgan fingerprint density at radius 3 is 2.00 bits per heavy atom. The third-order valence-corrected chi connectivity index (χ3v) is 0.141. The Bertz CT molecular complexity index is 11.6. The van der Waals surface area contributed by atoms with Crippen molar-refractivity contribution in [2.24, 2.45) is 0 Å². The summed E-state index contributed by atoms with van der Waals surface area (Å²) in [5, 5.41) is 11.0. The summed E-state index contributed by atoms with van der Waals surface area (Å²) >= 11 is 0. The SMILES string of the molecule is C[N-]CO.[Rb+]. The van der Waals surface area contributed by atoms with Crippen LogP contribution < -0.4 is 58.2 Å². The molecule has 0 saturated heterocycles. The van der Waals surface area contributed by atoms with Crippen LogP contribution in [0.5, 0.6) is 0 Å². The number of hydrogen-bond acceptors (Lipinski definition) is 1. The Labute approximate surface area is 80.7 Å². The fourth-order valence-corrected chi connectivity index (χ4v) is 0. The van der Waals surface area contributed by atoms with Crippen LogP contribution in [0.2, 0.25) is 0 Å². The molecule has 0 spiro atoms. The van der Waals surface area contributed by atoms with Crippen LogP contribution in [0.15, 0.2) is 0 Å². The van der Waals surface area contributed by atoms with Gasteiger partial charge < -0.3 is 10.4 Å². The summed E-state index contributed by atoms with van der Waals surface area (Å²) in [6.45, 7) is -0.0556. The van der Waals surface area contributed by atoms with Crippen LogP contribution in [0.3, 0.4) is 0 Å². The molecule has 0 radical (unpaired) electrons. The molecule has 0 aliphatic heterocycles. The van der Waals surface area contributed by atoms with E-state index in [-0.39, 0.29) is 64.9 Å². The minimum Gasteiger partial charge on any atom is -0.642 e. The first-order chi connectivity index (χ1) is 1.91. The zero-order valence-electron chi connectivity index (χ0n) is 3.60. The second kappa shape index (κ2) is 9.21. The second-order valence-electron chi connectivity index (χ2n) is 0.458. The van der Waals surface area contributed by atoms with Crippen molar-refractivity contribution in [2.75, 3.05) is 13.8 Å². The zero-order valence-corrected chi connectivity index (χ0v) is 8.52. The van der Waals surface area contributed by atoms with E-state index in [1.54, 1.807) is 7.05 Å². The van der Waals surface area contributed by atoms with E-state index in [0.717, 1.165) is 0 Å². The quantitative estimate of drug-likeness (QED) is 0.418. The normalized spacial score (nSPS) is 6.00. The van der Waals surface area contributed by atoms with Gasteiger partial charge in [0.25, 0.3) is 0 Å². The Balaban J connectivity index is 0. The number of hydrogen-bond donors (Lipinski definition) is 1. The number of rotatable bonds is 1. The van der Waals surface area contributed by atoms with E-state index in [2.05, 4.69) is 5.32 Å². The summed E-state index contributed by atoms with van der Waals surface area (Å²) in [5.41, 5.74) is 0. The Hall–Kier alpha value is 1.73. The molecular formula is C2H6NORb. The molecule has 0 rings (SSSR count). The van der Waals surface area contributed by atoms with Crippen molar-refractivity contribution in [3.63, 3.8) is 0 Å². The molecule has 0 unspecified atom stereocenters. The van der Waals surface area contributed by atoms with Gasteiger partial charge >= 0.3 is 58.2 Å². The number of nitrogens with zero attached hydrogens (tertiary/aromatic N) is 1. The van der Waals surface area contributed by atoms with Gasteiger partial charge in [-0.05, 0) is 6.73 Å². The molecule has 0 aliphatic rings. The summed E-state index contributed by atoms with van der Waals surface area (Å²) in [6, 6.07) is 0. The van der Waals surface area contributed by atoms with Crippen LogP contribution in [0.1, 0.15) is 0 Å². The first-order valence-corrected chi connectivity index (χ1v) is 1.08. The average Bonchev–Trinajstić information content (AvgIpc) is 1.37. The Morgan fingerprint density at radius 2 is 2.00 bits per heavy atom. The van der Waals surface area contributed by atoms with Crippen molar-refractivity contribution >= 4 is 0 Å². The fourth-order valence-electron chi connectivity index (χ4n) is 0. The number of aliphatic hydroxyl groups is 1. The third-order valence-electron chi connectivity index (χ3n) is 0.141. The Kier molecular flexibility index (Phi) is 18.2. The van der Waals surface area contributed by atoms with E-state index in [1.807, 2.05) is 0 Å². The molecule has 3 heteroatoms. The van der Waals surface area contributed by atoms with E-state index < -0.39 is 0 Å². The van der Waals surface area contributed by atoms with Crippen LogP contribution in [0, 0.1) is 0 Å². The zero-order chi connectivity index (χ0) is 3.41. The molecule has 0 saturated carbocycles. The molecular weight excluding hydrogens is 139 g/mol. The minimum absolute atomic E-state index is 0. The first-order valence-electron chi connectivity index (χ1n) is 1.08.